The number of carbonyl (C=O) groups is 4. The predicted molar refractivity (Wildman–Crippen MR) is 141 cm³/mol. The second-order valence-corrected chi connectivity index (χ2v) is 10.1. The number of carbonyl (C=O) groups excluding carboxylic acids is 3. The molecule has 1 aliphatic carbocycles. The van der Waals surface area contributed by atoms with Gasteiger partial charge >= 0.3 is 5.97 Å². The van der Waals surface area contributed by atoms with E-state index in [1.54, 1.807) is 24.3 Å². The number of benzene rings is 3. The number of fused-ring (bicyclic) bond motifs is 1. The van der Waals surface area contributed by atoms with Gasteiger partial charge in [0.05, 0.1) is 25.2 Å². The highest BCUT2D eigenvalue weighted by Crippen LogP contribution is 2.54. The third kappa shape index (κ3) is 4.28. The van der Waals surface area contributed by atoms with Crippen LogP contribution in [-0.2, 0) is 19.1 Å². The minimum absolute atomic E-state index is 0.0347. The minimum atomic E-state index is -2.56. The summed E-state index contributed by atoms with van der Waals surface area (Å²) in [5.74, 6) is -10.3. The van der Waals surface area contributed by atoms with Gasteiger partial charge in [0.1, 0.15) is 5.92 Å². The van der Waals surface area contributed by atoms with E-state index in [9.17, 15) is 33.1 Å². The number of carboxylic acids is 1. The molecule has 1 spiro atoms. The standard InChI is InChI=1S/C30H24F2N2O7/c31-21-10-5-16(15-22(21)32)25-23(28(37)33-17-6-8-18(9-7-17)34-11-13-40-14-12-34)24(29(38)39)30(41-25)26(35)19-3-1-2-4-20(19)27(30)36/h1-10,15,23-25H,11-14H2,(H,33,37)(H,38,39). The highest BCUT2D eigenvalue weighted by molar-refractivity contribution is 6.34. The molecule has 2 N–H and O–H groups in total. The van der Waals surface area contributed by atoms with E-state index < -0.39 is 58.6 Å². The molecular weight excluding hydrogens is 538 g/mol. The first-order valence-corrected chi connectivity index (χ1v) is 13.0. The molecule has 3 aromatic rings. The monoisotopic (exact) mass is 562 g/mol. The molecule has 0 radical (unpaired) electrons. The van der Waals surface area contributed by atoms with Crippen molar-refractivity contribution >= 4 is 34.8 Å². The van der Waals surface area contributed by atoms with Crippen LogP contribution in [0.3, 0.4) is 0 Å². The summed E-state index contributed by atoms with van der Waals surface area (Å²) in [5.41, 5.74) is -1.50. The maximum atomic E-state index is 14.3. The first kappa shape index (κ1) is 26.7. The molecule has 2 heterocycles. The fraction of sp³-hybridized carbons (Fsp3) is 0.267. The largest absolute Gasteiger partial charge is 0.481 e. The van der Waals surface area contributed by atoms with E-state index in [1.165, 1.54) is 24.3 Å². The number of nitrogens with zero attached hydrogens (tertiary/aromatic N) is 1. The van der Waals surface area contributed by atoms with Crippen molar-refractivity contribution in [3.05, 3.63) is 95.1 Å². The van der Waals surface area contributed by atoms with Gasteiger partial charge in [0, 0.05) is 35.6 Å². The molecular formula is C30H24F2N2O7. The van der Waals surface area contributed by atoms with Crippen molar-refractivity contribution in [1.29, 1.82) is 0 Å². The molecule has 0 aromatic heterocycles. The molecule has 3 aliphatic rings. The lowest BCUT2D eigenvalue weighted by molar-refractivity contribution is -0.147. The number of rotatable bonds is 5. The van der Waals surface area contributed by atoms with Crippen LogP contribution in [0.25, 0.3) is 0 Å². The van der Waals surface area contributed by atoms with Crippen LogP contribution >= 0.6 is 0 Å². The topological polar surface area (TPSA) is 122 Å². The molecule has 0 saturated carbocycles. The number of carboxylic acid groups (broad SMARTS) is 1. The Balaban J connectivity index is 1.39. The van der Waals surface area contributed by atoms with Crippen LogP contribution in [0.4, 0.5) is 20.2 Å². The highest BCUT2D eigenvalue weighted by atomic mass is 19.2. The molecule has 9 nitrogen and oxygen atoms in total. The molecule has 3 unspecified atom stereocenters. The van der Waals surface area contributed by atoms with Gasteiger partial charge in [-0.05, 0) is 42.0 Å². The van der Waals surface area contributed by atoms with Gasteiger partial charge in [0.15, 0.2) is 11.6 Å². The summed E-state index contributed by atoms with van der Waals surface area (Å²) >= 11 is 0. The molecule has 210 valence electrons. The summed E-state index contributed by atoms with van der Waals surface area (Å²) in [5, 5.41) is 13.0. The van der Waals surface area contributed by atoms with E-state index in [1.807, 2.05) is 0 Å². The lowest BCUT2D eigenvalue weighted by atomic mass is 9.75. The lowest BCUT2D eigenvalue weighted by Crippen LogP contribution is -2.52. The zero-order valence-electron chi connectivity index (χ0n) is 21.5. The van der Waals surface area contributed by atoms with Crippen molar-refractivity contribution in [1.82, 2.24) is 0 Å². The maximum Gasteiger partial charge on any atom is 0.311 e. The smallest absolute Gasteiger partial charge is 0.311 e. The average Bonchev–Trinajstić information content (AvgIpc) is 3.45. The first-order chi connectivity index (χ1) is 19.7. The number of hydrogen-bond acceptors (Lipinski definition) is 7. The lowest BCUT2D eigenvalue weighted by Gasteiger charge is -2.29. The Hall–Kier alpha value is -4.48. The summed E-state index contributed by atoms with van der Waals surface area (Å²) in [6.07, 6.45) is -1.55. The fourth-order valence-corrected chi connectivity index (χ4v) is 5.93. The van der Waals surface area contributed by atoms with Gasteiger partial charge in [0.2, 0.25) is 23.1 Å². The molecule has 0 bridgehead atoms. The number of halogens is 2. The molecule has 2 aliphatic heterocycles. The second kappa shape index (κ2) is 10.2. The number of amides is 1. The van der Waals surface area contributed by atoms with Crippen LogP contribution in [0.2, 0.25) is 0 Å². The number of Topliss-reactive ketones (excluding diaryl/α,β-unsaturated/α-hetero) is 2. The van der Waals surface area contributed by atoms with Gasteiger partial charge in [0.25, 0.3) is 0 Å². The second-order valence-electron chi connectivity index (χ2n) is 10.1. The Labute approximate surface area is 232 Å². The average molecular weight is 563 g/mol. The summed E-state index contributed by atoms with van der Waals surface area (Å²) < 4.78 is 39.5. The Morgan fingerprint density at radius 1 is 0.902 bits per heavy atom. The van der Waals surface area contributed by atoms with Gasteiger partial charge < -0.3 is 24.8 Å². The van der Waals surface area contributed by atoms with E-state index in [0.717, 1.165) is 23.9 Å². The van der Waals surface area contributed by atoms with E-state index in [2.05, 4.69) is 10.2 Å². The summed E-state index contributed by atoms with van der Waals surface area (Å²) in [6.45, 7) is 2.58. The van der Waals surface area contributed by atoms with Gasteiger partial charge in [-0.15, -0.1) is 0 Å². The van der Waals surface area contributed by atoms with Crippen molar-refractivity contribution < 1.29 is 42.5 Å². The van der Waals surface area contributed by atoms with Crippen LogP contribution < -0.4 is 10.2 Å². The molecule has 3 aromatic carbocycles. The SMILES string of the molecule is O=C(Nc1ccc(N2CCOCC2)cc1)C1C(c2ccc(F)c(F)c2)OC2(C(=O)c3ccccc3C2=O)C1C(=O)O. The van der Waals surface area contributed by atoms with Gasteiger partial charge in [-0.25, -0.2) is 8.78 Å². The number of nitrogens with one attached hydrogen (secondary N) is 1. The molecule has 1 amide bonds. The number of aliphatic carboxylic acids is 1. The first-order valence-electron chi connectivity index (χ1n) is 13.0. The van der Waals surface area contributed by atoms with Crippen LogP contribution in [0.15, 0.2) is 66.7 Å². The van der Waals surface area contributed by atoms with E-state index >= 15 is 0 Å². The third-order valence-corrected chi connectivity index (χ3v) is 7.88. The molecule has 2 saturated heterocycles. The zero-order valence-corrected chi connectivity index (χ0v) is 21.5. The van der Waals surface area contributed by atoms with Gasteiger partial charge in [-0.2, -0.15) is 0 Å². The van der Waals surface area contributed by atoms with Crippen molar-refractivity contribution in [2.75, 3.05) is 36.5 Å². The summed E-state index contributed by atoms with van der Waals surface area (Å²) in [4.78, 5) is 56.0. The predicted octanol–water partition coefficient (Wildman–Crippen LogP) is 3.65. The van der Waals surface area contributed by atoms with Crippen LogP contribution in [0.1, 0.15) is 32.4 Å². The number of ketones is 2. The fourth-order valence-electron chi connectivity index (χ4n) is 5.93. The number of hydrogen-bond donors (Lipinski definition) is 2. The number of ether oxygens (including phenoxy) is 2. The molecule has 41 heavy (non-hydrogen) atoms. The third-order valence-electron chi connectivity index (χ3n) is 7.88. The van der Waals surface area contributed by atoms with Gasteiger partial charge in [-0.3, -0.25) is 19.2 Å². The van der Waals surface area contributed by atoms with Crippen LogP contribution in [0, 0.1) is 23.5 Å². The molecule has 6 rings (SSSR count). The van der Waals surface area contributed by atoms with Crippen molar-refractivity contribution in [3.8, 4) is 0 Å². The van der Waals surface area contributed by atoms with E-state index in [-0.39, 0.29) is 16.7 Å². The molecule has 3 atom stereocenters. The zero-order chi connectivity index (χ0) is 28.9. The normalized spacial score (nSPS) is 23.1. The van der Waals surface area contributed by atoms with Crippen molar-refractivity contribution in [2.24, 2.45) is 11.8 Å². The van der Waals surface area contributed by atoms with E-state index in [4.69, 9.17) is 9.47 Å². The Morgan fingerprint density at radius 3 is 2.12 bits per heavy atom. The highest BCUT2D eigenvalue weighted by Gasteiger charge is 2.71. The van der Waals surface area contributed by atoms with Crippen molar-refractivity contribution in [2.45, 2.75) is 11.7 Å². The number of morpholine rings is 1. The van der Waals surface area contributed by atoms with E-state index in [0.29, 0.717) is 32.0 Å². The maximum absolute atomic E-state index is 14.3. The Morgan fingerprint density at radius 2 is 1.54 bits per heavy atom. The van der Waals surface area contributed by atoms with Crippen LogP contribution in [-0.4, -0.2) is 60.5 Å². The van der Waals surface area contributed by atoms with Gasteiger partial charge in [-0.1, -0.05) is 30.3 Å². The summed E-state index contributed by atoms with van der Waals surface area (Å²) in [7, 11) is 0. The van der Waals surface area contributed by atoms with Crippen LogP contribution in [0.5, 0.6) is 0 Å². The number of anilines is 2. The molecule has 2 fully saturated rings. The van der Waals surface area contributed by atoms with Crippen molar-refractivity contribution in [3.63, 3.8) is 0 Å². The minimum Gasteiger partial charge on any atom is -0.481 e. The molecule has 11 heteroatoms. The summed E-state index contributed by atoms with van der Waals surface area (Å²) in [6, 6.07) is 15.4. The quantitative estimate of drug-likeness (QED) is 0.452. The Kier molecular flexibility index (Phi) is 6.63. The Bertz CT molecular complexity index is 1530.